The van der Waals surface area contributed by atoms with Crippen LogP contribution in [0.2, 0.25) is 0 Å². The molecule has 0 heterocycles. The zero-order valence-corrected chi connectivity index (χ0v) is 7.01. The molecule has 0 aromatic rings. The van der Waals surface area contributed by atoms with E-state index in [9.17, 15) is 9.59 Å². The van der Waals surface area contributed by atoms with Crippen LogP contribution >= 0.6 is 0 Å². The van der Waals surface area contributed by atoms with Crippen LogP contribution in [0.1, 0.15) is 32.1 Å². The van der Waals surface area contributed by atoms with Crippen LogP contribution < -0.4 is 0 Å². The maximum atomic E-state index is 11.5. The van der Waals surface area contributed by atoms with Gasteiger partial charge in [0.2, 0.25) is 0 Å². The first-order valence-corrected chi connectivity index (χ1v) is 4.50. The molecule has 64 valence electrons. The fourth-order valence-corrected chi connectivity index (χ4v) is 2.16. The van der Waals surface area contributed by atoms with E-state index in [0.717, 1.165) is 19.3 Å². The number of carbonyl (C=O) groups excluding carboxylic acids is 2. The molecule has 0 radical (unpaired) electrons. The molecule has 0 aliphatic heterocycles. The van der Waals surface area contributed by atoms with Crippen molar-refractivity contribution in [3.63, 3.8) is 0 Å². The Morgan fingerprint density at radius 1 is 1.17 bits per heavy atom. The first kappa shape index (κ1) is 7.71. The van der Waals surface area contributed by atoms with E-state index >= 15 is 0 Å². The summed E-state index contributed by atoms with van der Waals surface area (Å²) in [6, 6.07) is 0. The predicted octanol–water partition coefficient (Wildman–Crippen LogP) is 1.64. The van der Waals surface area contributed by atoms with E-state index < -0.39 is 5.41 Å². The van der Waals surface area contributed by atoms with E-state index in [0.29, 0.717) is 12.8 Å². The maximum absolute atomic E-state index is 11.5. The molecule has 2 heteroatoms. The Labute approximate surface area is 71.6 Å². The fraction of sp³-hybridized carbons (Fsp3) is 0.600. The standard InChI is InChI=1S/C10H12O2/c11-8-4-5-9(12)10(8)6-2-1-3-7-10/h2,6H,1,3-5,7H2. The summed E-state index contributed by atoms with van der Waals surface area (Å²) in [4.78, 5) is 23.0. The Balaban J connectivity index is 2.38. The molecule has 0 aromatic heterocycles. The Morgan fingerprint density at radius 3 is 2.33 bits per heavy atom. The van der Waals surface area contributed by atoms with Crippen molar-refractivity contribution in [1.82, 2.24) is 0 Å². The molecule has 12 heavy (non-hydrogen) atoms. The van der Waals surface area contributed by atoms with E-state index in [4.69, 9.17) is 0 Å². The van der Waals surface area contributed by atoms with Gasteiger partial charge in [-0.3, -0.25) is 9.59 Å². The molecule has 0 aromatic carbocycles. The van der Waals surface area contributed by atoms with Gasteiger partial charge in [0.25, 0.3) is 0 Å². The Hall–Kier alpha value is -0.920. The van der Waals surface area contributed by atoms with Gasteiger partial charge in [-0.05, 0) is 19.3 Å². The highest BCUT2D eigenvalue weighted by Crippen LogP contribution is 2.40. The highest BCUT2D eigenvalue weighted by molar-refractivity contribution is 6.14. The van der Waals surface area contributed by atoms with Gasteiger partial charge in [0.15, 0.2) is 11.6 Å². The van der Waals surface area contributed by atoms with Crippen LogP contribution in [0.5, 0.6) is 0 Å². The van der Waals surface area contributed by atoms with Crippen molar-refractivity contribution in [3.05, 3.63) is 12.2 Å². The second-order valence-electron chi connectivity index (χ2n) is 3.61. The van der Waals surface area contributed by atoms with Gasteiger partial charge < -0.3 is 0 Å². The molecule has 1 saturated carbocycles. The van der Waals surface area contributed by atoms with E-state index in [2.05, 4.69) is 0 Å². The molecular formula is C10H12O2. The quantitative estimate of drug-likeness (QED) is 0.403. The number of Topliss-reactive ketones (excluding diaryl/α,β-unsaturated/α-hetero) is 2. The molecule has 0 saturated heterocycles. The second kappa shape index (κ2) is 2.54. The summed E-state index contributed by atoms with van der Waals surface area (Å²) in [6.07, 6.45) is 7.49. The molecular weight excluding hydrogens is 152 g/mol. The SMILES string of the molecule is O=C1CCC(=O)C12C=CCCC2. The molecule has 1 fully saturated rings. The van der Waals surface area contributed by atoms with Crippen LogP contribution in [0.15, 0.2) is 12.2 Å². The monoisotopic (exact) mass is 164 g/mol. The third kappa shape index (κ3) is 0.872. The van der Waals surface area contributed by atoms with E-state index in [1.165, 1.54) is 0 Å². The summed E-state index contributed by atoms with van der Waals surface area (Å²) < 4.78 is 0. The van der Waals surface area contributed by atoms with Crippen molar-refractivity contribution in [2.45, 2.75) is 32.1 Å². The molecule has 1 spiro atoms. The maximum Gasteiger partial charge on any atom is 0.150 e. The van der Waals surface area contributed by atoms with Crippen LogP contribution in [0.3, 0.4) is 0 Å². The van der Waals surface area contributed by atoms with Crippen molar-refractivity contribution in [1.29, 1.82) is 0 Å². The Kier molecular flexibility index (Phi) is 1.63. The van der Waals surface area contributed by atoms with Gasteiger partial charge in [0.1, 0.15) is 5.41 Å². The number of allylic oxidation sites excluding steroid dienone is 2. The first-order chi connectivity index (χ1) is 5.76. The highest BCUT2D eigenvalue weighted by Gasteiger charge is 2.47. The average Bonchev–Trinajstić information content (AvgIpc) is 2.36. The highest BCUT2D eigenvalue weighted by atomic mass is 16.2. The number of carbonyl (C=O) groups is 2. The lowest BCUT2D eigenvalue weighted by Crippen LogP contribution is -2.31. The molecule has 0 amide bonds. The lowest BCUT2D eigenvalue weighted by atomic mass is 9.76. The van der Waals surface area contributed by atoms with Gasteiger partial charge in [0.05, 0.1) is 0 Å². The van der Waals surface area contributed by atoms with Crippen LogP contribution in [0.4, 0.5) is 0 Å². The van der Waals surface area contributed by atoms with E-state index in [-0.39, 0.29) is 11.6 Å². The van der Waals surface area contributed by atoms with Gasteiger partial charge >= 0.3 is 0 Å². The Morgan fingerprint density at radius 2 is 1.83 bits per heavy atom. The first-order valence-electron chi connectivity index (χ1n) is 4.50. The summed E-state index contributed by atoms with van der Waals surface area (Å²) in [7, 11) is 0. The van der Waals surface area contributed by atoms with Gasteiger partial charge in [-0.2, -0.15) is 0 Å². The van der Waals surface area contributed by atoms with Crippen molar-refractivity contribution in [2.24, 2.45) is 5.41 Å². The van der Waals surface area contributed by atoms with Crippen molar-refractivity contribution < 1.29 is 9.59 Å². The van der Waals surface area contributed by atoms with Gasteiger partial charge in [0, 0.05) is 12.8 Å². The van der Waals surface area contributed by atoms with Gasteiger partial charge in [-0.15, -0.1) is 0 Å². The lowest BCUT2D eigenvalue weighted by Gasteiger charge is -2.24. The molecule has 0 atom stereocenters. The summed E-state index contributed by atoms with van der Waals surface area (Å²) in [5, 5.41) is 0. The number of hydrogen-bond acceptors (Lipinski definition) is 2. The molecule has 0 N–H and O–H groups in total. The summed E-state index contributed by atoms with van der Waals surface area (Å²) in [5.41, 5.74) is -0.668. The third-order valence-corrected chi connectivity index (χ3v) is 2.92. The van der Waals surface area contributed by atoms with E-state index in [1.54, 1.807) is 0 Å². The van der Waals surface area contributed by atoms with Crippen LogP contribution in [0.25, 0.3) is 0 Å². The minimum Gasteiger partial charge on any atom is -0.298 e. The lowest BCUT2D eigenvalue weighted by molar-refractivity contribution is -0.132. The Bertz CT molecular complexity index is 247. The smallest absolute Gasteiger partial charge is 0.150 e. The number of ketones is 2. The molecule has 0 unspecified atom stereocenters. The van der Waals surface area contributed by atoms with Crippen molar-refractivity contribution >= 4 is 11.6 Å². The molecule has 2 aliphatic carbocycles. The normalized spacial score (nSPS) is 27.0. The summed E-state index contributed by atoms with van der Waals surface area (Å²) in [6.45, 7) is 0. The predicted molar refractivity (Wildman–Crippen MR) is 44.7 cm³/mol. The van der Waals surface area contributed by atoms with E-state index in [1.807, 2.05) is 12.2 Å². The largest absolute Gasteiger partial charge is 0.298 e. The van der Waals surface area contributed by atoms with Crippen molar-refractivity contribution in [3.8, 4) is 0 Å². The van der Waals surface area contributed by atoms with Crippen LogP contribution in [0, 0.1) is 5.41 Å². The van der Waals surface area contributed by atoms with Gasteiger partial charge in [-0.1, -0.05) is 12.2 Å². The van der Waals surface area contributed by atoms with Crippen LogP contribution in [-0.4, -0.2) is 11.6 Å². The molecule has 0 bridgehead atoms. The van der Waals surface area contributed by atoms with Gasteiger partial charge in [-0.25, -0.2) is 0 Å². The minimum atomic E-state index is -0.668. The topological polar surface area (TPSA) is 34.1 Å². The molecule has 2 aliphatic rings. The number of rotatable bonds is 0. The van der Waals surface area contributed by atoms with Crippen LogP contribution in [-0.2, 0) is 9.59 Å². The zero-order chi connectivity index (χ0) is 8.60. The summed E-state index contributed by atoms with van der Waals surface area (Å²) in [5.74, 6) is 0.284. The second-order valence-corrected chi connectivity index (χ2v) is 3.61. The molecule has 2 rings (SSSR count). The third-order valence-electron chi connectivity index (χ3n) is 2.92. The van der Waals surface area contributed by atoms with Crippen molar-refractivity contribution in [2.75, 3.05) is 0 Å². The number of hydrogen-bond donors (Lipinski definition) is 0. The fourth-order valence-electron chi connectivity index (χ4n) is 2.16. The average molecular weight is 164 g/mol. The minimum absolute atomic E-state index is 0.142. The molecule has 2 nitrogen and oxygen atoms in total. The zero-order valence-electron chi connectivity index (χ0n) is 7.01. The summed E-state index contributed by atoms with van der Waals surface area (Å²) >= 11 is 0.